The first-order valence-corrected chi connectivity index (χ1v) is 6.67. The Labute approximate surface area is 100 Å². The number of carbonyl (C=O) groups is 1. The average molecular weight is 236 g/mol. The highest BCUT2D eigenvalue weighted by Crippen LogP contribution is 2.27. The normalized spacial score (nSPS) is 21.2. The SMILES string of the molecule is CSc1ccc([C@H]2CCC(=O)N(C)C2)cn1. The standard InChI is InChI=1S/C12H16N2OS/c1-14-8-10(4-6-12(14)15)9-3-5-11(16-2)13-7-9/h3,5,7,10H,4,6,8H2,1-2H3/t10-/m0/s1. The van der Waals surface area contributed by atoms with E-state index in [0.29, 0.717) is 12.3 Å². The van der Waals surface area contributed by atoms with Gasteiger partial charge in [-0.3, -0.25) is 4.79 Å². The highest BCUT2D eigenvalue weighted by atomic mass is 32.2. The molecule has 0 aromatic carbocycles. The number of amides is 1. The topological polar surface area (TPSA) is 33.2 Å². The molecule has 0 unspecified atom stereocenters. The van der Waals surface area contributed by atoms with Crippen molar-refractivity contribution in [1.82, 2.24) is 9.88 Å². The molecule has 3 nitrogen and oxygen atoms in total. The lowest BCUT2D eigenvalue weighted by Crippen LogP contribution is -2.35. The van der Waals surface area contributed by atoms with Crippen LogP contribution in [-0.4, -0.2) is 35.6 Å². The monoisotopic (exact) mass is 236 g/mol. The maximum absolute atomic E-state index is 11.4. The minimum atomic E-state index is 0.255. The lowest BCUT2D eigenvalue weighted by molar-refractivity contribution is -0.132. The van der Waals surface area contributed by atoms with Crippen LogP contribution in [0.1, 0.15) is 24.3 Å². The van der Waals surface area contributed by atoms with Gasteiger partial charge in [0.1, 0.15) is 0 Å². The molecular weight excluding hydrogens is 220 g/mol. The first kappa shape index (κ1) is 11.5. The number of hydrogen-bond acceptors (Lipinski definition) is 3. The smallest absolute Gasteiger partial charge is 0.222 e. The van der Waals surface area contributed by atoms with E-state index >= 15 is 0 Å². The van der Waals surface area contributed by atoms with Crippen LogP contribution in [0.3, 0.4) is 0 Å². The molecule has 1 aromatic heterocycles. The Hall–Kier alpha value is -1.03. The summed E-state index contributed by atoms with van der Waals surface area (Å²) in [6.07, 6.45) is 5.57. The second kappa shape index (κ2) is 4.87. The summed E-state index contributed by atoms with van der Waals surface area (Å²) in [7, 11) is 1.87. The van der Waals surface area contributed by atoms with Crippen molar-refractivity contribution in [2.24, 2.45) is 0 Å². The van der Waals surface area contributed by atoms with Crippen LogP contribution in [0.25, 0.3) is 0 Å². The van der Waals surface area contributed by atoms with Crippen molar-refractivity contribution >= 4 is 17.7 Å². The number of rotatable bonds is 2. The third-order valence-corrected chi connectivity index (χ3v) is 3.73. The second-order valence-electron chi connectivity index (χ2n) is 4.14. The van der Waals surface area contributed by atoms with E-state index in [2.05, 4.69) is 17.1 Å². The predicted octanol–water partition coefficient (Wildman–Crippen LogP) is 2.14. The minimum absolute atomic E-state index is 0.255. The van der Waals surface area contributed by atoms with E-state index < -0.39 is 0 Å². The summed E-state index contributed by atoms with van der Waals surface area (Å²) in [5, 5.41) is 1.05. The van der Waals surface area contributed by atoms with Crippen molar-refractivity contribution in [3.63, 3.8) is 0 Å². The first-order chi connectivity index (χ1) is 7.70. The number of likely N-dealkylation sites (N-methyl/N-ethyl adjacent to an activating group) is 1. The summed E-state index contributed by atoms with van der Waals surface area (Å²) in [5.74, 6) is 0.705. The maximum atomic E-state index is 11.4. The zero-order chi connectivity index (χ0) is 11.5. The Bertz CT molecular complexity index is 377. The predicted molar refractivity (Wildman–Crippen MR) is 65.6 cm³/mol. The highest BCUT2D eigenvalue weighted by Gasteiger charge is 2.24. The molecule has 1 aromatic rings. The van der Waals surface area contributed by atoms with Crippen LogP contribution in [0, 0.1) is 0 Å². The molecule has 2 rings (SSSR count). The van der Waals surface area contributed by atoms with Crippen LogP contribution in [0.4, 0.5) is 0 Å². The number of carbonyl (C=O) groups excluding carboxylic acids is 1. The van der Waals surface area contributed by atoms with Gasteiger partial charge in [0.2, 0.25) is 5.91 Å². The molecule has 1 atom stereocenters. The van der Waals surface area contributed by atoms with E-state index in [9.17, 15) is 4.79 Å². The van der Waals surface area contributed by atoms with Crippen LogP contribution in [0.15, 0.2) is 23.4 Å². The number of nitrogens with zero attached hydrogens (tertiary/aromatic N) is 2. The molecule has 1 saturated heterocycles. The third kappa shape index (κ3) is 2.38. The van der Waals surface area contributed by atoms with Gasteiger partial charge in [0.15, 0.2) is 0 Å². The third-order valence-electron chi connectivity index (χ3n) is 3.07. The molecule has 4 heteroatoms. The van der Waals surface area contributed by atoms with Gasteiger partial charge in [-0.15, -0.1) is 11.8 Å². The minimum Gasteiger partial charge on any atom is -0.345 e. The summed E-state index contributed by atoms with van der Waals surface area (Å²) in [4.78, 5) is 17.6. The van der Waals surface area contributed by atoms with E-state index in [1.807, 2.05) is 24.4 Å². The molecule has 1 amide bonds. The number of hydrogen-bond donors (Lipinski definition) is 0. The van der Waals surface area contributed by atoms with Gasteiger partial charge in [0, 0.05) is 32.1 Å². The van der Waals surface area contributed by atoms with Gasteiger partial charge in [0.05, 0.1) is 5.03 Å². The van der Waals surface area contributed by atoms with Gasteiger partial charge in [0.25, 0.3) is 0 Å². The molecule has 0 bridgehead atoms. The summed E-state index contributed by atoms with van der Waals surface area (Å²) >= 11 is 1.65. The number of piperidine rings is 1. The fraction of sp³-hybridized carbons (Fsp3) is 0.500. The Balaban J connectivity index is 2.09. The summed E-state index contributed by atoms with van der Waals surface area (Å²) in [6, 6.07) is 4.18. The quantitative estimate of drug-likeness (QED) is 0.738. The van der Waals surface area contributed by atoms with E-state index in [-0.39, 0.29) is 5.91 Å². The summed E-state index contributed by atoms with van der Waals surface area (Å²) in [5.41, 5.74) is 1.25. The fourth-order valence-electron chi connectivity index (χ4n) is 2.04. The van der Waals surface area contributed by atoms with Crippen molar-refractivity contribution < 1.29 is 4.79 Å². The van der Waals surface area contributed by atoms with Crippen molar-refractivity contribution in [1.29, 1.82) is 0 Å². The molecule has 0 spiro atoms. The lowest BCUT2D eigenvalue weighted by Gasteiger charge is -2.29. The summed E-state index contributed by atoms with van der Waals surface area (Å²) in [6.45, 7) is 0.819. The number of thioether (sulfide) groups is 1. The van der Waals surface area contributed by atoms with Crippen LogP contribution in [0.5, 0.6) is 0 Å². The Morgan fingerprint density at radius 2 is 2.31 bits per heavy atom. The van der Waals surface area contributed by atoms with Gasteiger partial charge in [-0.1, -0.05) is 6.07 Å². The number of pyridine rings is 1. The van der Waals surface area contributed by atoms with Crippen molar-refractivity contribution in [3.8, 4) is 0 Å². The number of likely N-dealkylation sites (tertiary alicyclic amines) is 1. The zero-order valence-electron chi connectivity index (χ0n) is 9.64. The van der Waals surface area contributed by atoms with Crippen LogP contribution < -0.4 is 0 Å². The summed E-state index contributed by atoms with van der Waals surface area (Å²) < 4.78 is 0. The van der Waals surface area contributed by atoms with Crippen molar-refractivity contribution in [2.75, 3.05) is 19.8 Å². The molecule has 0 radical (unpaired) electrons. The molecule has 2 heterocycles. The maximum Gasteiger partial charge on any atom is 0.222 e. The molecule has 86 valence electrons. The zero-order valence-corrected chi connectivity index (χ0v) is 10.5. The van der Waals surface area contributed by atoms with E-state index in [4.69, 9.17) is 0 Å². The van der Waals surface area contributed by atoms with Crippen LogP contribution >= 0.6 is 11.8 Å². The van der Waals surface area contributed by atoms with Gasteiger partial charge < -0.3 is 4.90 Å². The first-order valence-electron chi connectivity index (χ1n) is 5.44. The molecule has 0 N–H and O–H groups in total. The lowest BCUT2D eigenvalue weighted by atomic mass is 9.92. The Morgan fingerprint density at radius 3 is 2.88 bits per heavy atom. The average Bonchev–Trinajstić information content (AvgIpc) is 2.33. The van der Waals surface area contributed by atoms with Crippen molar-refractivity contribution in [3.05, 3.63) is 23.9 Å². The van der Waals surface area contributed by atoms with E-state index in [1.165, 1.54) is 5.56 Å². The molecule has 1 fully saturated rings. The van der Waals surface area contributed by atoms with Gasteiger partial charge in [-0.25, -0.2) is 4.98 Å². The molecule has 16 heavy (non-hydrogen) atoms. The number of aromatic nitrogens is 1. The van der Waals surface area contributed by atoms with Crippen LogP contribution in [0.2, 0.25) is 0 Å². The van der Waals surface area contributed by atoms with Gasteiger partial charge in [-0.05, 0) is 24.3 Å². The highest BCUT2D eigenvalue weighted by molar-refractivity contribution is 7.98. The van der Waals surface area contributed by atoms with Crippen molar-refractivity contribution in [2.45, 2.75) is 23.8 Å². The molecule has 0 aliphatic carbocycles. The fourth-order valence-corrected chi connectivity index (χ4v) is 2.40. The van der Waals surface area contributed by atoms with Gasteiger partial charge in [-0.2, -0.15) is 0 Å². The van der Waals surface area contributed by atoms with Crippen LogP contribution in [-0.2, 0) is 4.79 Å². The molecule has 0 saturated carbocycles. The van der Waals surface area contributed by atoms with E-state index in [1.54, 1.807) is 11.8 Å². The van der Waals surface area contributed by atoms with Gasteiger partial charge >= 0.3 is 0 Å². The largest absolute Gasteiger partial charge is 0.345 e. The second-order valence-corrected chi connectivity index (χ2v) is 4.97. The Kier molecular flexibility index (Phi) is 3.49. The molecular formula is C12H16N2OS. The molecule has 1 aliphatic heterocycles. The van der Waals surface area contributed by atoms with E-state index in [0.717, 1.165) is 18.0 Å². The molecule has 1 aliphatic rings. The Morgan fingerprint density at radius 1 is 1.50 bits per heavy atom.